The Bertz CT molecular complexity index is 881. The smallest absolute Gasteiger partial charge is 0.0166 e. The molecular weight excluding hydrogens is 376 g/mol. The van der Waals surface area contributed by atoms with Gasteiger partial charge in [0.15, 0.2) is 0 Å². The average Bonchev–Trinajstić information content (AvgIpc) is 3.30. The van der Waals surface area contributed by atoms with Gasteiger partial charge in [-0.1, -0.05) is 72.8 Å². The van der Waals surface area contributed by atoms with Crippen LogP contribution in [0, 0.1) is 0 Å². The summed E-state index contributed by atoms with van der Waals surface area (Å²) in [6, 6.07) is 18.0. The first-order chi connectivity index (χ1) is 13.8. The molecule has 0 radical (unpaired) electrons. The van der Waals surface area contributed by atoms with Crippen molar-refractivity contribution in [3.05, 3.63) is 82.9 Å². The van der Waals surface area contributed by atoms with Crippen LogP contribution in [0.2, 0.25) is 0 Å². The number of allylic oxidation sites excluding steroid dienone is 2. The number of hydrazine groups is 1. The van der Waals surface area contributed by atoms with E-state index in [0.717, 1.165) is 0 Å². The van der Waals surface area contributed by atoms with Crippen molar-refractivity contribution in [2.45, 2.75) is 36.5 Å². The van der Waals surface area contributed by atoms with E-state index in [0.29, 0.717) is 0 Å². The molecule has 2 aromatic carbocycles. The topological polar surface area (TPSA) is 6.48 Å². The van der Waals surface area contributed by atoms with Crippen LogP contribution < -0.4 is 0 Å². The third-order valence-electron chi connectivity index (χ3n) is 7.82. The summed E-state index contributed by atoms with van der Waals surface area (Å²) in [6.07, 6.45) is 14.6. The van der Waals surface area contributed by atoms with Gasteiger partial charge in [-0.15, -0.1) is 12.4 Å². The lowest BCUT2D eigenvalue weighted by Crippen LogP contribution is -2.54. The molecule has 6 rings (SSSR count). The second-order valence-corrected chi connectivity index (χ2v) is 9.06. The molecule has 0 bridgehead atoms. The SMILES string of the molecule is C1=CC2(CCN(N3CCC4(C=Cc5ccccc54)CC3)CC2)c2ccccc21.Cl. The third-order valence-corrected chi connectivity index (χ3v) is 7.82. The van der Waals surface area contributed by atoms with Gasteiger partial charge in [-0.2, -0.15) is 0 Å². The summed E-state index contributed by atoms with van der Waals surface area (Å²) in [5.41, 5.74) is 6.55. The van der Waals surface area contributed by atoms with Crippen LogP contribution in [0.3, 0.4) is 0 Å². The van der Waals surface area contributed by atoms with E-state index in [-0.39, 0.29) is 23.2 Å². The van der Waals surface area contributed by atoms with Crippen LogP contribution in [0.1, 0.15) is 47.9 Å². The summed E-state index contributed by atoms with van der Waals surface area (Å²) >= 11 is 0. The van der Waals surface area contributed by atoms with Crippen LogP contribution in [0.15, 0.2) is 60.7 Å². The van der Waals surface area contributed by atoms with E-state index >= 15 is 0 Å². The standard InChI is InChI=1S/C26H28N2.ClH/c1-3-7-23-21(5-1)9-11-25(23)13-17-27(18-14-25)28-19-15-26(16-20-28)12-10-22-6-2-4-8-24(22)26;/h1-12H,13-20H2;1H. The first kappa shape index (κ1) is 19.1. The van der Waals surface area contributed by atoms with Crippen molar-refractivity contribution in [2.75, 3.05) is 26.2 Å². The summed E-state index contributed by atoms with van der Waals surface area (Å²) in [7, 11) is 0. The van der Waals surface area contributed by atoms with Crippen LogP contribution in [0.4, 0.5) is 0 Å². The fourth-order valence-electron chi connectivity index (χ4n) is 6.10. The van der Waals surface area contributed by atoms with Gasteiger partial charge >= 0.3 is 0 Å². The normalized spacial score (nSPS) is 23.9. The second kappa shape index (κ2) is 7.12. The van der Waals surface area contributed by atoms with Gasteiger partial charge in [-0.3, -0.25) is 0 Å². The van der Waals surface area contributed by atoms with E-state index in [4.69, 9.17) is 0 Å². The number of fused-ring (bicyclic) bond motifs is 4. The largest absolute Gasteiger partial charge is 0.242 e. The molecule has 2 saturated heterocycles. The van der Waals surface area contributed by atoms with E-state index in [1.165, 1.54) is 63.0 Å². The highest BCUT2D eigenvalue weighted by molar-refractivity contribution is 5.85. The fourth-order valence-corrected chi connectivity index (χ4v) is 6.10. The van der Waals surface area contributed by atoms with Gasteiger partial charge in [0.2, 0.25) is 0 Å². The van der Waals surface area contributed by atoms with Crippen LogP contribution in [0.5, 0.6) is 0 Å². The molecule has 150 valence electrons. The molecule has 2 spiro atoms. The van der Waals surface area contributed by atoms with Gasteiger partial charge in [0.1, 0.15) is 0 Å². The summed E-state index contributed by atoms with van der Waals surface area (Å²) in [4.78, 5) is 0. The average molecular weight is 405 g/mol. The molecule has 0 N–H and O–H groups in total. The zero-order chi connectivity index (χ0) is 18.6. The van der Waals surface area contributed by atoms with Crippen LogP contribution >= 0.6 is 12.4 Å². The van der Waals surface area contributed by atoms with Gasteiger partial charge < -0.3 is 0 Å². The highest BCUT2D eigenvalue weighted by Crippen LogP contribution is 2.46. The van der Waals surface area contributed by atoms with Crippen molar-refractivity contribution >= 4 is 24.6 Å². The molecule has 2 aliphatic carbocycles. The number of hydrogen-bond acceptors (Lipinski definition) is 2. The monoisotopic (exact) mass is 404 g/mol. The Morgan fingerprint density at radius 2 is 0.931 bits per heavy atom. The lowest BCUT2D eigenvalue weighted by molar-refractivity contribution is -0.0696. The zero-order valence-electron chi connectivity index (χ0n) is 16.9. The number of rotatable bonds is 1. The molecule has 29 heavy (non-hydrogen) atoms. The fraction of sp³-hybridized carbons (Fsp3) is 0.385. The van der Waals surface area contributed by atoms with Crippen LogP contribution in [-0.4, -0.2) is 36.2 Å². The maximum absolute atomic E-state index is 2.65. The van der Waals surface area contributed by atoms with Gasteiger partial charge in [0.05, 0.1) is 0 Å². The van der Waals surface area contributed by atoms with Gasteiger partial charge in [-0.05, 0) is 47.9 Å². The lowest BCUT2D eigenvalue weighted by Gasteiger charge is -2.48. The van der Waals surface area contributed by atoms with Crippen LogP contribution in [0.25, 0.3) is 12.2 Å². The minimum absolute atomic E-state index is 0. The Hall–Kier alpha value is -1.87. The van der Waals surface area contributed by atoms with Crippen molar-refractivity contribution in [3.63, 3.8) is 0 Å². The molecule has 0 saturated carbocycles. The highest BCUT2D eigenvalue weighted by Gasteiger charge is 2.42. The maximum Gasteiger partial charge on any atom is 0.0166 e. The predicted molar refractivity (Wildman–Crippen MR) is 123 cm³/mol. The van der Waals surface area contributed by atoms with Gasteiger partial charge in [-0.25, -0.2) is 10.0 Å². The predicted octanol–water partition coefficient (Wildman–Crippen LogP) is 5.44. The highest BCUT2D eigenvalue weighted by atomic mass is 35.5. The minimum Gasteiger partial charge on any atom is -0.242 e. The molecule has 2 aliphatic heterocycles. The second-order valence-electron chi connectivity index (χ2n) is 9.06. The molecule has 0 aromatic heterocycles. The van der Waals surface area contributed by atoms with E-state index in [1.54, 1.807) is 11.1 Å². The first-order valence-electron chi connectivity index (χ1n) is 10.9. The molecule has 2 heterocycles. The summed E-state index contributed by atoms with van der Waals surface area (Å²) in [5, 5.41) is 5.30. The molecule has 2 nitrogen and oxygen atoms in total. The van der Waals surface area contributed by atoms with Gasteiger partial charge in [0.25, 0.3) is 0 Å². The Labute approximate surface area is 180 Å². The number of piperidine rings is 2. The van der Waals surface area contributed by atoms with Crippen molar-refractivity contribution in [2.24, 2.45) is 0 Å². The summed E-state index contributed by atoms with van der Waals surface area (Å²) < 4.78 is 0. The molecule has 0 amide bonds. The van der Waals surface area contributed by atoms with Crippen molar-refractivity contribution in [3.8, 4) is 0 Å². The Morgan fingerprint density at radius 3 is 1.34 bits per heavy atom. The number of benzene rings is 2. The molecule has 0 atom stereocenters. The van der Waals surface area contributed by atoms with E-state index in [9.17, 15) is 0 Å². The minimum atomic E-state index is 0. The first-order valence-corrected chi connectivity index (χ1v) is 10.9. The summed E-state index contributed by atoms with van der Waals surface area (Å²) in [5.74, 6) is 0. The number of hydrogen-bond donors (Lipinski definition) is 0. The molecule has 2 fully saturated rings. The Kier molecular flexibility index (Phi) is 4.70. The third kappa shape index (κ3) is 2.92. The van der Waals surface area contributed by atoms with E-state index < -0.39 is 0 Å². The molecule has 0 unspecified atom stereocenters. The zero-order valence-corrected chi connectivity index (χ0v) is 17.7. The Morgan fingerprint density at radius 1 is 0.552 bits per heavy atom. The lowest BCUT2D eigenvalue weighted by atomic mass is 9.74. The maximum atomic E-state index is 2.65. The van der Waals surface area contributed by atoms with Crippen molar-refractivity contribution in [1.82, 2.24) is 10.0 Å². The molecule has 4 aliphatic rings. The number of nitrogens with zero attached hydrogens (tertiary/aromatic N) is 2. The van der Waals surface area contributed by atoms with E-state index in [2.05, 4.69) is 82.9 Å². The molecule has 3 heteroatoms. The number of halogens is 1. The quantitative estimate of drug-likeness (QED) is 0.624. The molecular formula is C26H29ClN2. The molecule has 2 aromatic rings. The van der Waals surface area contributed by atoms with Crippen LogP contribution in [-0.2, 0) is 10.8 Å². The van der Waals surface area contributed by atoms with Crippen molar-refractivity contribution < 1.29 is 0 Å². The van der Waals surface area contributed by atoms with Gasteiger partial charge in [0, 0.05) is 37.0 Å². The van der Waals surface area contributed by atoms with Crippen molar-refractivity contribution in [1.29, 1.82) is 0 Å². The summed E-state index contributed by atoms with van der Waals surface area (Å²) in [6.45, 7) is 4.71. The Balaban J connectivity index is 0.00000181. The van der Waals surface area contributed by atoms with E-state index in [1.807, 2.05) is 0 Å².